The molecule has 0 fully saturated rings. The number of hydrogen-bond donors (Lipinski definition) is 3. The largest absolute Gasteiger partial charge is 0.480 e. The first-order valence-corrected chi connectivity index (χ1v) is 5.72. The highest BCUT2D eigenvalue weighted by Crippen LogP contribution is 2.18. The molecule has 1 heterocycles. The number of benzene rings is 1. The minimum Gasteiger partial charge on any atom is -0.480 e. The second-order valence-corrected chi connectivity index (χ2v) is 3.51. The van der Waals surface area contributed by atoms with Crippen molar-refractivity contribution in [3.05, 3.63) is 36.0 Å². The van der Waals surface area contributed by atoms with Gasteiger partial charge in [0.15, 0.2) is 0 Å². The Bertz CT molecular complexity index is 491. The summed E-state index contributed by atoms with van der Waals surface area (Å²) in [7, 11) is 0. The highest BCUT2D eigenvalue weighted by molar-refractivity contribution is 5.84. The molecule has 1 aromatic heterocycles. The molecule has 0 aliphatic carbocycles. The quantitative estimate of drug-likeness (QED) is 0.761. The molecule has 0 saturated heterocycles. The molecule has 92 valence electrons. The van der Waals surface area contributed by atoms with Gasteiger partial charge in [-0.2, -0.15) is 0 Å². The number of H-pyrrole nitrogens is 1. The molecule has 1 aromatic carbocycles. The van der Waals surface area contributed by atoms with E-state index in [0.717, 1.165) is 16.5 Å². The Kier molecular flexibility index (Phi) is 4.72. The van der Waals surface area contributed by atoms with Gasteiger partial charge in [-0.25, -0.2) is 0 Å². The van der Waals surface area contributed by atoms with Crippen LogP contribution in [0.3, 0.4) is 0 Å². The summed E-state index contributed by atoms with van der Waals surface area (Å²) in [4.78, 5) is 13.7. The zero-order chi connectivity index (χ0) is 12.8. The Hall–Kier alpha value is -1.81. The number of carboxylic acids is 1. The summed E-state index contributed by atoms with van der Waals surface area (Å²) in [6, 6.07) is 6.91. The highest BCUT2D eigenvalue weighted by Gasteiger charge is 2.14. The van der Waals surface area contributed by atoms with E-state index in [4.69, 9.17) is 10.8 Å². The summed E-state index contributed by atoms with van der Waals surface area (Å²) in [5.41, 5.74) is 7.43. The Labute approximate surface area is 100 Å². The lowest BCUT2D eigenvalue weighted by Gasteiger charge is -2.04. The number of aromatic amines is 1. The maximum atomic E-state index is 10.6. The minimum atomic E-state index is -0.972. The van der Waals surface area contributed by atoms with Gasteiger partial charge in [0.25, 0.3) is 0 Å². The maximum absolute atomic E-state index is 10.6. The Morgan fingerprint density at radius 2 is 2.06 bits per heavy atom. The number of para-hydroxylation sites is 1. The lowest BCUT2D eigenvalue weighted by Crippen LogP contribution is -2.32. The Morgan fingerprint density at radius 3 is 2.71 bits per heavy atom. The summed E-state index contributed by atoms with van der Waals surface area (Å²) in [6.07, 6.45) is 2.16. The third kappa shape index (κ3) is 3.07. The first-order valence-electron chi connectivity index (χ1n) is 5.72. The van der Waals surface area contributed by atoms with Crippen LogP contribution in [0.5, 0.6) is 0 Å². The Morgan fingerprint density at radius 1 is 1.41 bits per heavy atom. The number of nitrogens with one attached hydrogen (secondary N) is 1. The number of hydrogen-bond acceptors (Lipinski definition) is 2. The number of carbonyl (C=O) groups is 1. The van der Waals surface area contributed by atoms with Crippen molar-refractivity contribution >= 4 is 16.9 Å². The molecule has 0 saturated carbocycles. The fraction of sp³-hybridized carbons (Fsp3) is 0.308. The van der Waals surface area contributed by atoms with Crippen LogP contribution in [-0.2, 0) is 11.2 Å². The van der Waals surface area contributed by atoms with Gasteiger partial charge in [0, 0.05) is 23.5 Å². The van der Waals surface area contributed by atoms with Crippen molar-refractivity contribution in [2.75, 3.05) is 0 Å². The van der Waals surface area contributed by atoms with E-state index in [0.29, 0.717) is 6.42 Å². The molecule has 0 bridgehead atoms. The topological polar surface area (TPSA) is 79.1 Å². The lowest BCUT2D eigenvalue weighted by atomic mass is 10.1. The van der Waals surface area contributed by atoms with Gasteiger partial charge in [0.2, 0.25) is 0 Å². The van der Waals surface area contributed by atoms with Crippen LogP contribution in [0.2, 0.25) is 0 Å². The van der Waals surface area contributed by atoms with Gasteiger partial charge in [0.1, 0.15) is 6.04 Å². The number of aromatic nitrogens is 1. The summed E-state index contributed by atoms with van der Waals surface area (Å²) < 4.78 is 0. The predicted molar refractivity (Wildman–Crippen MR) is 69.0 cm³/mol. The van der Waals surface area contributed by atoms with Crippen LogP contribution < -0.4 is 5.73 Å². The van der Waals surface area contributed by atoms with Crippen LogP contribution in [0, 0.1) is 0 Å². The fourth-order valence-corrected chi connectivity index (χ4v) is 1.62. The summed E-state index contributed by atoms with van der Waals surface area (Å²) in [5.74, 6) is -0.972. The van der Waals surface area contributed by atoms with E-state index < -0.39 is 12.0 Å². The van der Waals surface area contributed by atoms with Crippen molar-refractivity contribution in [2.24, 2.45) is 5.73 Å². The summed E-state index contributed by atoms with van der Waals surface area (Å²) in [6.45, 7) is 4.00. The van der Waals surface area contributed by atoms with Gasteiger partial charge in [-0.05, 0) is 11.6 Å². The van der Waals surface area contributed by atoms with E-state index in [2.05, 4.69) is 4.98 Å². The first kappa shape index (κ1) is 13.3. The van der Waals surface area contributed by atoms with Crippen LogP contribution in [0.25, 0.3) is 10.9 Å². The minimum absolute atomic E-state index is 0.347. The molecule has 4 heteroatoms. The molecule has 0 aliphatic heterocycles. The zero-order valence-corrected chi connectivity index (χ0v) is 10.1. The molecule has 1 atom stereocenters. The number of rotatable bonds is 3. The molecular weight excluding hydrogens is 216 g/mol. The van der Waals surface area contributed by atoms with E-state index >= 15 is 0 Å². The average Bonchev–Trinajstić information content (AvgIpc) is 2.75. The normalized spacial score (nSPS) is 11.7. The van der Waals surface area contributed by atoms with Crippen molar-refractivity contribution in [1.82, 2.24) is 4.98 Å². The molecule has 17 heavy (non-hydrogen) atoms. The third-order valence-corrected chi connectivity index (χ3v) is 2.43. The molecule has 0 spiro atoms. The van der Waals surface area contributed by atoms with Gasteiger partial charge >= 0.3 is 5.97 Å². The highest BCUT2D eigenvalue weighted by atomic mass is 16.4. The number of carboxylic acid groups (broad SMARTS) is 1. The monoisotopic (exact) mass is 234 g/mol. The molecule has 4 nitrogen and oxygen atoms in total. The molecule has 2 rings (SSSR count). The molecule has 1 unspecified atom stereocenters. The molecule has 2 aromatic rings. The smallest absolute Gasteiger partial charge is 0.320 e. The molecule has 0 aliphatic rings. The molecule has 0 radical (unpaired) electrons. The SMILES string of the molecule is CC.NC(Cc1c[nH]c2ccccc12)C(=O)O. The molecular formula is C13H18N2O2. The average molecular weight is 234 g/mol. The number of fused-ring (bicyclic) bond motifs is 1. The second-order valence-electron chi connectivity index (χ2n) is 3.51. The molecule has 4 N–H and O–H groups in total. The van der Waals surface area contributed by atoms with Gasteiger partial charge < -0.3 is 15.8 Å². The predicted octanol–water partition coefficient (Wildman–Crippen LogP) is 2.15. The maximum Gasteiger partial charge on any atom is 0.320 e. The van der Waals surface area contributed by atoms with Crippen LogP contribution in [0.4, 0.5) is 0 Å². The van der Waals surface area contributed by atoms with Crippen LogP contribution in [-0.4, -0.2) is 22.1 Å². The van der Waals surface area contributed by atoms with Gasteiger partial charge in [-0.15, -0.1) is 0 Å². The number of aliphatic carboxylic acids is 1. The second kappa shape index (κ2) is 6.06. The van der Waals surface area contributed by atoms with Gasteiger partial charge in [0.05, 0.1) is 0 Å². The zero-order valence-electron chi connectivity index (χ0n) is 10.1. The van der Waals surface area contributed by atoms with E-state index in [1.807, 2.05) is 44.3 Å². The third-order valence-electron chi connectivity index (χ3n) is 2.43. The summed E-state index contributed by atoms with van der Waals surface area (Å²) in [5, 5.41) is 9.75. The van der Waals surface area contributed by atoms with E-state index in [9.17, 15) is 4.79 Å². The van der Waals surface area contributed by atoms with Crippen LogP contribution in [0.1, 0.15) is 19.4 Å². The van der Waals surface area contributed by atoms with Gasteiger partial charge in [-0.3, -0.25) is 4.79 Å². The fourth-order valence-electron chi connectivity index (χ4n) is 1.62. The summed E-state index contributed by atoms with van der Waals surface area (Å²) >= 11 is 0. The van der Waals surface area contributed by atoms with Gasteiger partial charge in [-0.1, -0.05) is 32.0 Å². The van der Waals surface area contributed by atoms with Crippen molar-refractivity contribution in [3.8, 4) is 0 Å². The van der Waals surface area contributed by atoms with E-state index in [1.54, 1.807) is 0 Å². The van der Waals surface area contributed by atoms with Crippen LogP contribution >= 0.6 is 0 Å². The standard InChI is InChI=1S/C11H12N2O2.C2H6/c12-9(11(14)15)5-7-6-13-10-4-2-1-3-8(7)10;1-2/h1-4,6,9,13H,5,12H2,(H,14,15);1-2H3. The van der Waals surface area contributed by atoms with Crippen LogP contribution in [0.15, 0.2) is 30.5 Å². The van der Waals surface area contributed by atoms with E-state index in [1.165, 1.54) is 0 Å². The first-order chi connectivity index (χ1) is 8.18. The number of nitrogens with two attached hydrogens (primary N) is 1. The Balaban J connectivity index is 0.000000686. The molecule has 0 amide bonds. The van der Waals surface area contributed by atoms with Crippen molar-refractivity contribution in [2.45, 2.75) is 26.3 Å². The van der Waals surface area contributed by atoms with Crippen molar-refractivity contribution < 1.29 is 9.90 Å². The van der Waals surface area contributed by atoms with Crippen molar-refractivity contribution in [3.63, 3.8) is 0 Å². The van der Waals surface area contributed by atoms with E-state index in [-0.39, 0.29) is 0 Å². The lowest BCUT2D eigenvalue weighted by molar-refractivity contribution is -0.138. The van der Waals surface area contributed by atoms with Crippen molar-refractivity contribution in [1.29, 1.82) is 0 Å².